The fraction of sp³-hybridized carbons (Fsp3) is 0.450. The van der Waals surface area contributed by atoms with Gasteiger partial charge in [0.2, 0.25) is 0 Å². The van der Waals surface area contributed by atoms with Crippen LogP contribution in [0.25, 0.3) is 11.3 Å². The predicted octanol–water partition coefficient (Wildman–Crippen LogP) is 2.37. The van der Waals surface area contributed by atoms with E-state index in [9.17, 15) is 23.1 Å². The summed E-state index contributed by atoms with van der Waals surface area (Å²) in [7, 11) is -3.33. The lowest BCUT2D eigenvalue weighted by molar-refractivity contribution is -0.163. The first-order valence-corrected chi connectivity index (χ1v) is 12.3. The van der Waals surface area contributed by atoms with Gasteiger partial charge in [0.15, 0.2) is 15.6 Å². The number of aromatic nitrogens is 1. The van der Waals surface area contributed by atoms with E-state index in [1.165, 1.54) is 28.8 Å². The molecule has 3 heterocycles. The summed E-state index contributed by atoms with van der Waals surface area (Å²) in [5.74, 6) is -0.952. The lowest BCUT2D eigenvalue weighted by Crippen LogP contribution is -2.75. The van der Waals surface area contributed by atoms with E-state index in [-0.39, 0.29) is 16.2 Å². The van der Waals surface area contributed by atoms with Crippen molar-refractivity contribution in [1.82, 2.24) is 10.1 Å². The van der Waals surface area contributed by atoms with Crippen LogP contribution in [0.4, 0.5) is 5.69 Å². The average Bonchev–Trinajstić information content (AvgIpc) is 3.16. The Kier molecular flexibility index (Phi) is 4.71. The summed E-state index contributed by atoms with van der Waals surface area (Å²) in [6.45, 7) is 7.12. The van der Waals surface area contributed by atoms with Crippen molar-refractivity contribution in [3.63, 3.8) is 0 Å². The van der Waals surface area contributed by atoms with Gasteiger partial charge in [-0.2, -0.15) is 0 Å². The van der Waals surface area contributed by atoms with Gasteiger partial charge < -0.3 is 19.8 Å². The lowest BCUT2D eigenvalue weighted by atomic mass is 9.85. The van der Waals surface area contributed by atoms with Crippen molar-refractivity contribution < 1.29 is 27.6 Å². The molecule has 2 fully saturated rings. The molecule has 0 saturated carbocycles. The first kappa shape index (κ1) is 21.7. The molecule has 1 aromatic heterocycles. The van der Waals surface area contributed by atoms with Crippen molar-refractivity contribution in [2.45, 2.75) is 54.3 Å². The van der Waals surface area contributed by atoms with Crippen LogP contribution in [0.15, 0.2) is 33.7 Å². The molecule has 2 aliphatic heterocycles. The van der Waals surface area contributed by atoms with Crippen molar-refractivity contribution in [1.29, 1.82) is 0 Å². The van der Waals surface area contributed by atoms with Crippen molar-refractivity contribution in [3.8, 4) is 11.3 Å². The van der Waals surface area contributed by atoms with Crippen LogP contribution in [0.2, 0.25) is 0 Å². The zero-order valence-electron chi connectivity index (χ0n) is 17.7. The van der Waals surface area contributed by atoms with Crippen LogP contribution in [-0.4, -0.2) is 63.4 Å². The van der Waals surface area contributed by atoms with Crippen LogP contribution in [-0.2, 0) is 19.4 Å². The number of carbonyl (C=O) groups excluding carboxylic acids is 1. The Morgan fingerprint density at radius 1 is 1.26 bits per heavy atom. The lowest BCUT2D eigenvalue weighted by Gasteiger charge is -2.51. The maximum atomic E-state index is 13.1. The predicted molar refractivity (Wildman–Crippen MR) is 116 cm³/mol. The molecule has 9 nitrogen and oxygen atoms in total. The number of carbonyl (C=O) groups is 2. The number of rotatable bonds is 5. The number of thioether (sulfide) groups is 1. The molecule has 0 radical (unpaired) electrons. The second-order valence-corrected chi connectivity index (χ2v) is 12.4. The molecule has 166 valence electrons. The summed E-state index contributed by atoms with van der Waals surface area (Å²) < 4.78 is 28.3. The summed E-state index contributed by atoms with van der Waals surface area (Å²) in [5, 5.41) is 16.5. The molecular weight excluding hydrogens is 442 g/mol. The highest BCUT2D eigenvalue weighted by Gasteiger charge is 2.69. The van der Waals surface area contributed by atoms with Gasteiger partial charge in [-0.05, 0) is 52.0 Å². The monoisotopic (exact) mass is 465 g/mol. The number of fused-ring (bicyclic) bond motifs is 1. The molecule has 11 heteroatoms. The molecule has 0 bridgehead atoms. The minimum Gasteiger partial charge on any atom is -0.480 e. The van der Waals surface area contributed by atoms with E-state index < -0.39 is 32.1 Å². The van der Waals surface area contributed by atoms with Crippen LogP contribution < -0.4 is 5.32 Å². The highest BCUT2D eigenvalue weighted by molar-refractivity contribution is 8.01. The van der Waals surface area contributed by atoms with Gasteiger partial charge >= 0.3 is 5.97 Å². The van der Waals surface area contributed by atoms with Gasteiger partial charge in [-0.25, -0.2) is 13.2 Å². The third kappa shape index (κ3) is 3.21. The molecule has 1 aromatic carbocycles. The number of aliphatic carboxylic acids is 1. The Morgan fingerprint density at radius 3 is 2.42 bits per heavy atom. The second-order valence-electron chi connectivity index (χ2n) is 8.62. The van der Waals surface area contributed by atoms with E-state index in [1.54, 1.807) is 26.0 Å². The largest absolute Gasteiger partial charge is 0.480 e. The van der Waals surface area contributed by atoms with E-state index in [1.807, 2.05) is 13.8 Å². The zero-order chi connectivity index (χ0) is 22.9. The number of carboxylic acids is 1. The number of amides is 1. The molecule has 31 heavy (non-hydrogen) atoms. The molecule has 1 amide bonds. The summed E-state index contributed by atoms with van der Waals surface area (Å²) >= 11 is 1.44. The van der Waals surface area contributed by atoms with E-state index in [2.05, 4.69) is 10.5 Å². The van der Waals surface area contributed by atoms with Crippen LogP contribution in [0, 0.1) is 6.92 Å². The zero-order valence-corrected chi connectivity index (χ0v) is 19.3. The maximum absolute atomic E-state index is 13.1. The highest BCUT2D eigenvalue weighted by atomic mass is 32.2. The number of anilines is 1. The van der Waals surface area contributed by atoms with E-state index in [0.717, 1.165) is 6.26 Å². The standard InChI is InChI=1S/C20H23N3O6S2/c1-10-13(14(29-22-10)11-6-8-12(9-7-11)31(5,27)28)21-20(4)17(26)23-15(16(24)25)19(2,3)30-18(20)23/h6-9,15,18,21H,1-5H3,(H,24,25)/t15-,18+,20-/m0/s1. The third-order valence-electron chi connectivity index (χ3n) is 5.80. The second kappa shape index (κ2) is 6.73. The molecule has 2 aliphatic rings. The molecule has 2 aromatic rings. The number of hydrogen-bond donors (Lipinski definition) is 2. The Hall–Kier alpha value is -2.53. The number of nitrogens with one attached hydrogen (secondary N) is 1. The SMILES string of the molecule is Cc1noc(-c2ccc(S(C)(=O)=O)cc2)c1N[C@@]1(C)C(=O)N2[C@@H](C(=O)O)C(C)(C)S[C@@H]21. The van der Waals surface area contributed by atoms with E-state index in [0.29, 0.717) is 22.7 Å². The molecule has 0 spiro atoms. The quantitative estimate of drug-likeness (QED) is 0.639. The minimum atomic E-state index is -3.33. The number of carboxylic acid groups (broad SMARTS) is 1. The van der Waals surface area contributed by atoms with Crippen LogP contribution >= 0.6 is 11.8 Å². The maximum Gasteiger partial charge on any atom is 0.327 e. The number of sulfone groups is 1. The van der Waals surface area contributed by atoms with E-state index in [4.69, 9.17) is 4.52 Å². The first-order chi connectivity index (χ1) is 14.3. The highest BCUT2D eigenvalue weighted by Crippen LogP contribution is 2.56. The number of benzene rings is 1. The molecule has 3 atom stereocenters. The summed E-state index contributed by atoms with van der Waals surface area (Å²) in [4.78, 5) is 26.5. The Labute approximate surface area is 184 Å². The Morgan fingerprint density at radius 2 is 1.87 bits per heavy atom. The number of nitrogens with zero attached hydrogens (tertiary/aromatic N) is 2. The summed E-state index contributed by atoms with van der Waals surface area (Å²) in [5.41, 5.74) is 0.612. The van der Waals surface area contributed by atoms with Crippen molar-refractivity contribution in [3.05, 3.63) is 30.0 Å². The van der Waals surface area contributed by atoms with E-state index >= 15 is 0 Å². The molecule has 2 saturated heterocycles. The van der Waals surface area contributed by atoms with Gasteiger partial charge in [-0.15, -0.1) is 11.8 Å². The first-order valence-electron chi connectivity index (χ1n) is 9.56. The van der Waals surface area contributed by atoms with Gasteiger partial charge in [0.05, 0.1) is 4.90 Å². The van der Waals surface area contributed by atoms with Crippen LogP contribution in [0.5, 0.6) is 0 Å². The topological polar surface area (TPSA) is 130 Å². The summed E-state index contributed by atoms with van der Waals surface area (Å²) in [6, 6.07) is 5.30. The number of hydrogen-bond acceptors (Lipinski definition) is 8. The molecule has 2 N–H and O–H groups in total. The van der Waals surface area contributed by atoms with Gasteiger partial charge in [0, 0.05) is 16.6 Å². The fourth-order valence-corrected chi connectivity index (χ4v) is 6.44. The van der Waals surface area contributed by atoms with Crippen molar-refractivity contribution in [2.75, 3.05) is 11.6 Å². The van der Waals surface area contributed by atoms with Gasteiger partial charge in [-0.1, -0.05) is 5.16 Å². The Bertz CT molecular complexity index is 1190. The molecular formula is C20H23N3O6S2. The molecule has 0 aliphatic carbocycles. The van der Waals surface area contributed by atoms with Crippen LogP contribution in [0.1, 0.15) is 26.5 Å². The number of aryl methyl sites for hydroxylation is 1. The average molecular weight is 466 g/mol. The minimum absolute atomic E-state index is 0.183. The Balaban J connectivity index is 1.67. The number of β-lactam (4-membered cyclic amide) rings is 1. The van der Waals surface area contributed by atoms with Crippen LogP contribution in [0.3, 0.4) is 0 Å². The smallest absolute Gasteiger partial charge is 0.327 e. The van der Waals surface area contributed by atoms with Crippen molar-refractivity contribution >= 4 is 39.2 Å². The summed E-state index contributed by atoms with van der Waals surface area (Å²) in [6.07, 6.45) is 1.13. The fourth-order valence-electron chi connectivity index (χ4n) is 4.17. The van der Waals surface area contributed by atoms with Gasteiger partial charge in [-0.3, -0.25) is 4.79 Å². The normalized spacial score (nSPS) is 27.0. The molecule has 0 unspecified atom stereocenters. The molecule has 4 rings (SSSR count). The van der Waals surface area contributed by atoms with Gasteiger partial charge in [0.1, 0.15) is 28.3 Å². The van der Waals surface area contributed by atoms with Crippen molar-refractivity contribution in [2.24, 2.45) is 0 Å². The third-order valence-corrected chi connectivity index (χ3v) is 8.68. The van der Waals surface area contributed by atoms with Gasteiger partial charge in [0.25, 0.3) is 5.91 Å².